The van der Waals surface area contributed by atoms with Crippen LogP contribution in [0.4, 0.5) is 32.0 Å². The lowest BCUT2D eigenvalue weighted by Gasteiger charge is -2.11. The van der Waals surface area contributed by atoms with Crippen LogP contribution in [0, 0.1) is 11.6 Å². The Morgan fingerprint density at radius 1 is 1.11 bits per heavy atom. The number of H-pyrrole nitrogens is 1. The van der Waals surface area contributed by atoms with Crippen molar-refractivity contribution < 1.29 is 26.3 Å². The monoisotopic (exact) mass is 526 g/mol. The van der Waals surface area contributed by atoms with E-state index in [1.165, 1.54) is 16.8 Å². The van der Waals surface area contributed by atoms with Gasteiger partial charge in [-0.15, -0.1) is 0 Å². The smallest absolute Gasteiger partial charge is 0.397 e. The number of nitrogens with two attached hydrogens (primary N) is 1. The molecule has 0 aliphatic carbocycles. The van der Waals surface area contributed by atoms with E-state index in [1.807, 2.05) is 6.92 Å². The summed E-state index contributed by atoms with van der Waals surface area (Å²) in [4.78, 5) is 30.5. The Balaban J connectivity index is 0.000000266. The van der Waals surface area contributed by atoms with Gasteiger partial charge in [-0.25, -0.2) is 28.2 Å². The summed E-state index contributed by atoms with van der Waals surface area (Å²) in [6.07, 6.45) is -0.709. The van der Waals surface area contributed by atoms with Crippen LogP contribution in [0.3, 0.4) is 0 Å². The molecule has 0 saturated heterocycles. The topological polar surface area (TPSA) is 120 Å². The highest BCUT2D eigenvalue weighted by atomic mass is 19.4. The van der Waals surface area contributed by atoms with Crippen LogP contribution < -0.4 is 16.9 Å². The van der Waals surface area contributed by atoms with Crippen molar-refractivity contribution in [3.8, 4) is 11.4 Å². The normalized spacial score (nSPS) is 12.2. The van der Waals surface area contributed by atoms with Crippen molar-refractivity contribution >= 4 is 16.5 Å². The van der Waals surface area contributed by atoms with Gasteiger partial charge < -0.3 is 10.3 Å². The number of nitrogens with zero attached hydrogens (tertiary/aromatic N) is 4. The Bertz CT molecular complexity index is 1500. The standard InChI is InChI=1S/C18H16F3N3O.C5H4F3N3O/c1-2-3-12(19)10-24-5-4-11-6-15(16(21)7-14(11)18(24)25)17-22-8-13(20)9-23-17;6-5(7,8)3-2(9)1-10-11-4(3)12/h4-9,12H,2-3,10H2,1H3;1H,(H3,9,11,12). The van der Waals surface area contributed by atoms with E-state index in [0.29, 0.717) is 18.2 Å². The minimum atomic E-state index is -4.74. The number of fused-ring (bicyclic) bond motifs is 1. The van der Waals surface area contributed by atoms with Gasteiger partial charge >= 0.3 is 6.18 Å². The SMILES string of the molecule is CCCC(F)Cn1ccc2cc(-c3ncc(F)cn3)c(F)cc2c1=O.Nc1cn[nH]c(=O)c1C(F)(F)F. The molecule has 4 rings (SSSR count). The van der Waals surface area contributed by atoms with Gasteiger partial charge in [-0.05, 0) is 30.0 Å². The second-order valence-electron chi connectivity index (χ2n) is 7.83. The van der Waals surface area contributed by atoms with Gasteiger partial charge in [-0.3, -0.25) is 9.59 Å². The van der Waals surface area contributed by atoms with Crippen LogP contribution >= 0.6 is 0 Å². The fourth-order valence-corrected chi connectivity index (χ4v) is 3.39. The van der Waals surface area contributed by atoms with E-state index >= 15 is 0 Å². The number of aromatic nitrogens is 5. The van der Waals surface area contributed by atoms with Gasteiger partial charge in [0.15, 0.2) is 11.6 Å². The number of nitrogen functional groups attached to an aromatic ring is 1. The Morgan fingerprint density at radius 2 is 1.78 bits per heavy atom. The van der Waals surface area contributed by atoms with Crippen molar-refractivity contribution in [3.05, 3.63) is 80.9 Å². The summed E-state index contributed by atoms with van der Waals surface area (Å²) in [5.41, 5.74) is 1.11. The van der Waals surface area contributed by atoms with Gasteiger partial charge in [0.05, 0.1) is 41.8 Å². The highest BCUT2D eigenvalue weighted by Gasteiger charge is 2.36. The third kappa shape index (κ3) is 6.51. The fourth-order valence-electron chi connectivity index (χ4n) is 3.39. The van der Waals surface area contributed by atoms with Gasteiger partial charge in [-0.1, -0.05) is 13.3 Å². The molecule has 1 aromatic carbocycles. The number of hydrogen-bond donors (Lipinski definition) is 2. The Kier molecular flexibility index (Phi) is 8.30. The number of benzene rings is 1. The summed E-state index contributed by atoms with van der Waals surface area (Å²) in [5, 5.41) is 5.37. The summed E-state index contributed by atoms with van der Waals surface area (Å²) in [6.45, 7) is 1.80. The average molecular weight is 526 g/mol. The van der Waals surface area contributed by atoms with Crippen LogP contribution in [0.5, 0.6) is 0 Å². The molecule has 1 atom stereocenters. The first-order valence-electron chi connectivity index (χ1n) is 10.8. The van der Waals surface area contributed by atoms with Crippen LogP contribution in [0.15, 0.2) is 52.6 Å². The lowest BCUT2D eigenvalue weighted by Crippen LogP contribution is -2.24. The van der Waals surface area contributed by atoms with Gasteiger partial charge in [0, 0.05) is 6.20 Å². The maximum absolute atomic E-state index is 14.4. The summed E-state index contributed by atoms with van der Waals surface area (Å²) in [6, 6.07) is 4.13. The Morgan fingerprint density at radius 3 is 2.35 bits per heavy atom. The summed E-state index contributed by atoms with van der Waals surface area (Å²) < 4.78 is 78.3. The molecule has 0 fully saturated rings. The molecule has 3 N–H and O–H groups in total. The summed E-state index contributed by atoms with van der Waals surface area (Å²) in [5.74, 6) is -1.29. The predicted molar refractivity (Wildman–Crippen MR) is 123 cm³/mol. The molecule has 8 nitrogen and oxygen atoms in total. The zero-order chi connectivity index (χ0) is 27.3. The third-order valence-electron chi connectivity index (χ3n) is 5.09. The number of rotatable bonds is 5. The van der Waals surface area contributed by atoms with E-state index in [4.69, 9.17) is 5.73 Å². The molecule has 0 radical (unpaired) electrons. The second kappa shape index (κ2) is 11.2. The lowest BCUT2D eigenvalue weighted by molar-refractivity contribution is -0.138. The van der Waals surface area contributed by atoms with Crippen LogP contribution in [0.2, 0.25) is 0 Å². The molecule has 37 heavy (non-hydrogen) atoms. The number of alkyl halides is 4. The van der Waals surface area contributed by atoms with E-state index in [2.05, 4.69) is 15.1 Å². The molecule has 4 aromatic rings. The van der Waals surface area contributed by atoms with Crippen molar-refractivity contribution in [1.82, 2.24) is 24.7 Å². The van der Waals surface area contributed by atoms with Gasteiger partial charge in [0.2, 0.25) is 0 Å². The molecule has 1 unspecified atom stereocenters. The van der Waals surface area contributed by atoms with Crippen LogP contribution in [-0.4, -0.2) is 30.9 Å². The first-order chi connectivity index (χ1) is 17.4. The zero-order valence-electron chi connectivity index (χ0n) is 19.2. The number of aromatic amines is 1. The molecule has 196 valence electrons. The summed E-state index contributed by atoms with van der Waals surface area (Å²) in [7, 11) is 0. The lowest BCUT2D eigenvalue weighted by atomic mass is 10.1. The molecular weight excluding hydrogens is 506 g/mol. The maximum Gasteiger partial charge on any atom is 0.423 e. The van der Waals surface area contributed by atoms with E-state index in [1.54, 1.807) is 11.2 Å². The second-order valence-corrected chi connectivity index (χ2v) is 7.83. The molecular formula is C23H20F6N6O2. The highest BCUT2D eigenvalue weighted by molar-refractivity contribution is 5.85. The molecule has 0 aliphatic rings. The number of halogens is 6. The van der Waals surface area contributed by atoms with Crippen molar-refractivity contribution in [2.75, 3.05) is 5.73 Å². The molecule has 3 heterocycles. The highest BCUT2D eigenvalue weighted by Crippen LogP contribution is 2.29. The first-order valence-corrected chi connectivity index (χ1v) is 10.8. The van der Waals surface area contributed by atoms with Gasteiger partial charge in [0.1, 0.15) is 17.6 Å². The van der Waals surface area contributed by atoms with Gasteiger partial charge in [0.25, 0.3) is 11.1 Å². The molecule has 14 heteroatoms. The van der Waals surface area contributed by atoms with Gasteiger partial charge in [-0.2, -0.15) is 18.3 Å². The van der Waals surface area contributed by atoms with Crippen LogP contribution in [0.1, 0.15) is 25.3 Å². The number of pyridine rings is 1. The molecule has 0 spiro atoms. The van der Waals surface area contributed by atoms with Crippen LogP contribution in [-0.2, 0) is 12.7 Å². The van der Waals surface area contributed by atoms with E-state index in [9.17, 15) is 35.9 Å². The average Bonchev–Trinajstić information content (AvgIpc) is 2.81. The summed E-state index contributed by atoms with van der Waals surface area (Å²) >= 11 is 0. The minimum Gasteiger partial charge on any atom is -0.397 e. The Labute approximate surface area is 204 Å². The predicted octanol–water partition coefficient (Wildman–Crippen LogP) is 4.25. The Hall–Kier alpha value is -4.23. The van der Waals surface area contributed by atoms with Crippen molar-refractivity contribution in [2.45, 2.75) is 38.7 Å². The first kappa shape index (κ1) is 27.4. The number of nitrogens with one attached hydrogen (secondary N) is 1. The molecule has 0 saturated carbocycles. The zero-order valence-corrected chi connectivity index (χ0v) is 19.2. The minimum absolute atomic E-state index is 0.0248. The van der Waals surface area contributed by atoms with Crippen molar-refractivity contribution in [1.29, 1.82) is 0 Å². The van der Waals surface area contributed by atoms with Crippen molar-refractivity contribution in [3.63, 3.8) is 0 Å². The van der Waals surface area contributed by atoms with E-state index < -0.39 is 46.4 Å². The largest absolute Gasteiger partial charge is 0.423 e. The molecule has 3 aromatic heterocycles. The van der Waals surface area contributed by atoms with Crippen LogP contribution in [0.25, 0.3) is 22.2 Å². The fraction of sp³-hybridized carbons (Fsp3) is 0.261. The number of anilines is 1. The quantitative estimate of drug-likeness (QED) is 0.376. The number of hydrogen-bond acceptors (Lipinski definition) is 6. The van der Waals surface area contributed by atoms with E-state index in [0.717, 1.165) is 24.7 Å². The third-order valence-corrected chi connectivity index (χ3v) is 5.09. The van der Waals surface area contributed by atoms with Crippen molar-refractivity contribution in [2.24, 2.45) is 0 Å². The molecule has 0 aliphatic heterocycles. The molecule has 0 bridgehead atoms. The molecule has 0 amide bonds. The van der Waals surface area contributed by atoms with E-state index in [-0.39, 0.29) is 23.3 Å². The maximum atomic E-state index is 14.4.